The summed E-state index contributed by atoms with van der Waals surface area (Å²) in [6.45, 7) is 5.89. The molecule has 2 aliphatic carbocycles. The Morgan fingerprint density at radius 2 is 2.08 bits per heavy atom. The topological polar surface area (TPSA) is 96.1 Å². The predicted molar refractivity (Wildman–Crippen MR) is 89.6 cm³/mol. The molecule has 2 amide bonds. The van der Waals surface area contributed by atoms with E-state index in [4.69, 9.17) is 4.74 Å². The van der Waals surface area contributed by atoms with Crippen molar-refractivity contribution < 1.29 is 14.3 Å². The third kappa shape index (κ3) is 4.07. The summed E-state index contributed by atoms with van der Waals surface area (Å²) < 4.78 is 5.44. The van der Waals surface area contributed by atoms with Crippen molar-refractivity contribution in [3.63, 3.8) is 0 Å². The van der Waals surface area contributed by atoms with E-state index in [1.165, 1.54) is 0 Å². The second kappa shape index (κ2) is 6.83. The molecule has 2 saturated carbocycles. The highest BCUT2D eigenvalue weighted by molar-refractivity contribution is 5.93. The second-order valence-electron chi connectivity index (χ2n) is 7.35. The average Bonchev–Trinajstić information content (AvgIpc) is 2.88. The summed E-state index contributed by atoms with van der Waals surface area (Å²) in [6.07, 6.45) is 3.10. The van der Waals surface area contributed by atoms with Crippen LogP contribution in [0.1, 0.15) is 58.1 Å². The summed E-state index contributed by atoms with van der Waals surface area (Å²) in [4.78, 5) is 23.6. The second-order valence-corrected chi connectivity index (χ2v) is 7.35. The van der Waals surface area contributed by atoms with Gasteiger partial charge in [0.2, 0.25) is 5.91 Å². The molecule has 3 N–H and O–H groups in total. The number of nitrogens with one attached hydrogen (secondary N) is 3. The number of aromatic amines is 1. The van der Waals surface area contributed by atoms with Crippen LogP contribution in [0.3, 0.4) is 0 Å². The Morgan fingerprint density at radius 1 is 1.33 bits per heavy atom. The van der Waals surface area contributed by atoms with E-state index in [2.05, 4.69) is 27.8 Å². The summed E-state index contributed by atoms with van der Waals surface area (Å²) in [6, 6.07) is 1.97. The fraction of sp³-hybridized carbons (Fsp3) is 0.706. The number of carbonyl (C=O) groups excluding carboxylic acids is 2. The minimum Gasteiger partial charge on any atom is -0.446 e. The minimum absolute atomic E-state index is 0.0542. The number of ether oxygens (including phenoxy) is 1. The lowest BCUT2D eigenvalue weighted by molar-refractivity contribution is -0.117. The fourth-order valence-electron chi connectivity index (χ4n) is 3.27. The van der Waals surface area contributed by atoms with Crippen molar-refractivity contribution in [2.24, 2.45) is 11.8 Å². The van der Waals surface area contributed by atoms with Crippen molar-refractivity contribution in [3.8, 4) is 0 Å². The Hall–Kier alpha value is -2.05. The Bertz CT molecular complexity index is 613. The maximum atomic E-state index is 11.9. The van der Waals surface area contributed by atoms with Gasteiger partial charge in [0, 0.05) is 29.6 Å². The summed E-state index contributed by atoms with van der Waals surface area (Å²) in [5.41, 5.74) is 0.990. The van der Waals surface area contributed by atoms with E-state index in [0.29, 0.717) is 11.7 Å². The highest BCUT2D eigenvalue weighted by atomic mass is 16.6. The molecule has 0 spiro atoms. The molecule has 1 heterocycles. The highest BCUT2D eigenvalue weighted by Gasteiger charge is 2.39. The molecule has 4 atom stereocenters. The van der Waals surface area contributed by atoms with Crippen LogP contribution in [0, 0.1) is 11.8 Å². The molecule has 0 aliphatic heterocycles. The molecular formula is C17H26N4O3. The first-order chi connectivity index (χ1) is 11.4. The Morgan fingerprint density at radius 3 is 2.75 bits per heavy atom. The van der Waals surface area contributed by atoms with Gasteiger partial charge in [0.25, 0.3) is 0 Å². The van der Waals surface area contributed by atoms with Gasteiger partial charge in [0.1, 0.15) is 6.10 Å². The molecule has 3 rings (SSSR count). The van der Waals surface area contributed by atoms with E-state index in [0.717, 1.165) is 31.4 Å². The number of hydrogen-bond donors (Lipinski definition) is 3. The Balaban J connectivity index is 1.49. The normalized spacial score (nSPS) is 28.7. The molecule has 24 heavy (non-hydrogen) atoms. The van der Waals surface area contributed by atoms with E-state index in [9.17, 15) is 9.59 Å². The maximum Gasteiger partial charge on any atom is 0.407 e. The van der Waals surface area contributed by atoms with Gasteiger partial charge in [-0.15, -0.1) is 0 Å². The quantitative estimate of drug-likeness (QED) is 0.771. The third-order valence-electron chi connectivity index (χ3n) is 4.80. The van der Waals surface area contributed by atoms with Crippen molar-refractivity contribution >= 4 is 17.8 Å². The van der Waals surface area contributed by atoms with Gasteiger partial charge in [-0.2, -0.15) is 5.10 Å². The van der Waals surface area contributed by atoms with Crippen molar-refractivity contribution in [3.05, 3.63) is 11.8 Å². The van der Waals surface area contributed by atoms with E-state index in [1.807, 2.05) is 19.9 Å². The van der Waals surface area contributed by atoms with Crippen LogP contribution < -0.4 is 10.6 Å². The number of hydrogen-bond acceptors (Lipinski definition) is 4. The third-order valence-corrected chi connectivity index (χ3v) is 4.80. The van der Waals surface area contributed by atoms with Crippen molar-refractivity contribution in [2.75, 3.05) is 5.32 Å². The number of nitrogens with zero attached hydrogens (tertiary/aromatic N) is 1. The van der Waals surface area contributed by atoms with Gasteiger partial charge >= 0.3 is 6.09 Å². The average molecular weight is 334 g/mol. The molecule has 0 radical (unpaired) electrons. The molecule has 132 valence electrons. The number of H-pyrrole nitrogens is 1. The van der Waals surface area contributed by atoms with Gasteiger partial charge in [-0.1, -0.05) is 6.92 Å². The van der Waals surface area contributed by atoms with Crippen LogP contribution in [0.5, 0.6) is 0 Å². The maximum absolute atomic E-state index is 11.9. The zero-order chi connectivity index (χ0) is 17.3. The van der Waals surface area contributed by atoms with Crippen LogP contribution in [0.2, 0.25) is 0 Å². The molecule has 2 aliphatic rings. The molecule has 1 aromatic heterocycles. The number of rotatable bonds is 5. The fourth-order valence-corrected chi connectivity index (χ4v) is 3.27. The van der Waals surface area contributed by atoms with Crippen LogP contribution >= 0.6 is 0 Å². The largest absolute Gasteiger partial charge is 0.446 e. The first-order valence-corrected chi connectivity index (χ1v) is 8.75. The summed E-state index contributed by atoms with van der Waals surface area (Å²) in [5.74, 6) is 1.52. The first-order valence-electron chi connectivity index (χ1n) is 8.75. The number of carbonyl (C=O) groups is 2. The van der Waals surface area contributed by atoms with E-state index in [1.54, 1.807) is 0 Å². The van der Waals surface area contributed by atoms with Crippen LogP contribution in [0.25, 0.3) is 0 Å². The first kappa shape index (κ1) is 16.8. The lowest BCUT2D eigenvalue weighted by atomic mass is 10.0. The monoisotopic (exact) mass is 334 g/mol. The Kier molecular flexibility index (Phi) is 4.78. The molecule has 1 aromatic rings. The number of aromatic nitrogens is 2. The molecule has 0 bridgehead atoms. The van der Waals surface area contributed by atoms with Gasteiger partial charge in [0.15, 0.2) is 5.82 Å². The highest BCUT2D eigenvalue weighted by Crippen LogP contribution is 2.39. The van der Waals surface area contributed by atoms with E-state index < -0.39 is 0 Å². The van der Waals surface area contributed by atoms with E-state index >= 15 is 0 Å². The summed E-state index contributed by atoms with van der Waals surface area (Å²) >= 11 is 0. The standard InChI is InChI=1S/C17H26N4O3/c1-9(2)18-17(23)24-12-5-4-11(7-12)14-8-15(21-20-14)19-16(22)13-6-10(13)3/h8-13H,4-7H2,1-3H3,(H,18,23)(H2,19,20,21,22)/t10-,11-,12+,13-/m1/s1. The van der Waals surface area contributed by atoms with Crippen molar-refractivity contribution in [1.82, 2.24) is 15.5 Å². The zero-order valence-electron chi connectivity index (χ0n) is 14.5. The molecule has 7 nitrogen and oxygen atoms in total. The van der Waals surface area contributed by atoms with Gasteiger partial charge in [-0.3, -0.25) is 9.89 Å². The molecule has 0 unspecified atom stereocenters. The molecule has 0 aromatic carbocycles. The SMILES string of the molecule is CC(C)NC(=O)O[C@H]1CC[C@@H](c2cc(NC(=O)[C@@H]3C[C@H]3C)n[nH]2)C1. The summed E-state index contributed by atoms with van der Waals surface area (Å²) in [7, 11) is 0. The van der Waals surface area contributed by atoms with Crippen LogP contribution in [0.15, 0.2) is 6.07 Å². The van der Waals surface area contributed by atoms with Gasteiger partial charge in [0.05, 0.1) is 0 Å². The zero-order valence-corrected chi connectivity index (χ0v) is 14.5. The van der Waals surface area contributed by atoms with Crippen LogP contribution in [-0.2, 0) is 9.53 Å². The molecule has 7 heteroatoms. The molecular weight excluding hydrogens is 308 g/mol. The smallest absolute Gasteiger partial charge is 0.407 e. The van der Waals surface area contributed by atoms with Crippen molar-refractivity contribution in [2.45, 2.75) is 64.5 Å². The lowest BCUT2D eigenvalue weighted by Gasteiger charge is -2.14. The van der Waals surface area contributed by atoms with Gasteiger partial charge < -0.3 is 15.4 Å². The van der Waals surface area contributed by atoms with Crippen LogP contribution in [-0.4, -0.2) is 34.3 Å². The lowest BCUT2D eigenvalue weighted by Crippen LogP contribution is -2.33. The van der Waals surface area contributed by atoms with Gasteiger partial charge in [-0.05, 0) is 45.4 Å². The number of alkyl carbamates (subject to hydrolysis) is 1. The van der Waals surface area contributed by atoms with Crippen molar-refractivity contribution in [1.29, 1.82) is 0 Å². The molecule has 0 saturated heterocycles. The minimum atomic E-state index is -0.355. The predicted octanol–water partition coefficient (Wildman–Crippen LogP) is 2.77. The number of anilines is 1. The van der Waals surface area contributed by atoms with Gasteiger partial charge in [-0.25, -0.2) is 4.79 Å². The number of amides is 2. The molecule has 2 fully saturated rings. The van der Waals surface area contributed by atoms with Crippen LogP contribution in [0.4, 0.5) is 10.6 Å². The Labute approximate surface area is 141 Å². The summed E-state index contributed by atoms with van der Waals surface area (Å²) in [5, 5.41) is 12.8. The van der Waals surface area contributed by atoms with E-state index in [-0.39, 0.29) is 36.0 Å².